The van der Waals surface area contributed by atoms with Crippen molar-refractivity contribution in [3.8, 4) is 5.75 Å². The summed E-state index contributed by atoms with van der Waals surface area (Å²) in [5.41, 5.74) is 7.63. The minimum Gasteiger partial charge on any atom is -0.495 e. The Morgan fingerprint density at radius 2 is 1.55 bits per heavy atom. The number of anilines is 2. The van der Waals surface area contributed by atoms with Gasteiger partial charge in [-0.05, 0) is 63.4 Å². The van der Waals surface area contributed by atoms with Crippen molar-refractivity contribution in [1.29, 1.82) is 0 Å². The Morgan fingerprint density at radius 3 is 2.16 bits per heavy atom. The third-order valence-corrected chi connectivity index (χ3v) is 4.52. The molecule has 3 N–H and O–H groups in total. The second-order valence-corrected chi connectivity index (χ2v) is 7.44. The Morgan fingerprint density at radius 1 is 0.903 bits per heavy atom. The number of amides is 3. The fraction of sp³-hybridized carbons (Fsp3) is 0.304. The molecule has 3 amide bonds. The van der Waals surface area contributed by atoms with E-state index in [1.165, 1.54) is 7.11 Å². The van der Waals surface area contributed by atoms with Gasteiger partial charge in [0.1, 0.15) is 5.75 Å². The third kappa shape index (κ3) is 6.67. The van der Waals surface area contributed by atoms with Crippen molar-refractivity contribution in [3.63, 3.8) is 0 Å². The maximum absolute atomic E-state index is 12.3. The van der Waals surface area contributed by atoms with Crippen LogP contribution in [0, 0.1) is 27.7 Å². The van der Waals surface area contributed by atoms with E-state index in [1.807, 2.05) is 45.9 Å². The molecule has 0 saturated carbocycles. The van der Waals surface area contributed by atoms with Crippen molar-refractivity contribution in [2.75, 3.05) is 17.7 Å². The fourth-order valence-electron chi connectivity index (χ4n) is 3.13. The molecule has 164 valence electrons. The van der Waals surface area contributed by atoms with Crippen LogP contribution < -0.4 is 20.8 Å². The molecule has 2 aromatic carbocycles. The zero-order valence-corrected chi connectivity index (χ0v) is 18.7. The largest absolute Gasteiger partial charge is 0.495 e. The Balaban J connectivity index is 1.94. The van der Waals surface area contributed by atoms with Crippen LogP contribution in [0.4, 0.5) is 11.4 Å². The molecular formula is C23H28N4O4. The van der Waals surface area contributed by atoms with Crippen LogP contribution in [0.3, 0.4) is 0 Å². The average molecular weight is 425 g/mol. The predicted octanol–water partition coefficient (Wildman–Crippen LogP) is 3.39. The van der Waals surface area contributed by atoms with E-state index < -0.39 is 11.8 Å². The van der Waals surface area contributed by atoms with Gasteiger partial charge in [0.2, 0.25) is 5.91 Å². The van der Waals surface area contributed by atoms with Gasteiger partial charge in [0, 0.05) is 11.4 Å². The predicted molar refractivity (Wildman–Crippen MR) is 122 cm³/mol. The first kappa shape index (κ1) is 23.6. The van der Waals surface area contributed by atoms with Crippen LogP contribution in [0.5, 0.6) is 5.75 Å². The molecule has 0 aliphatic rings. The van der Waals surface area contributed by atoms with Crippen LogP contribution in [-0.2, 0) is 14.4 Å². The molecule has 8 heteroatoms. The molecule has 0 spiro atoms. The van der Waals surface area contributed by atoms with E-state index in [1.54, 1.807) is 19.1 Å². The lowest BCUT2D eigenvalue weighted by molar-refractivity contribution is -0.136. The van der Waals surface area contributed by atoms with Crippen molar-refractivity contribution in [2.45, 2.75) is 41.0 Å². The highest BCUT2D eigenvalue weighted by Crippen LogP contribution is 2.25. The highest BCUT2D eigenvalue weighted by Gasteiger charge is 2.16. The van der Waals surface area contributed by atoms with E-state index >= 15 is 0 Å². The monoisotopic (exact) mass is 424 g/mol. The molecule has 8 nitrogen and oxygen atoms in total. The van der Waals surface area contributed by atoms with Crippen LogP contribution in [0.25, 0.3) is 0 Å². The molecule has 2 rings (SSSR count). The summed E-state index contributed by atoms with van der Waals surface area (Å²) in [6.07, 6.45) is -0.0274. The minimum absolute atomic E-state index is 0.0274. The minimum atomic E-state index is -0.950. The number of ether oxygens (including phenoxy) is 1. The van der Waals surface area contributed by atoms with Gasteiger partial charge in [0.15, 0.2) is 0 Å². The Hall–Kier alpha value is -3.68. The zero-order valence-electron chi connectivity index (χ0n) is 18.7. The summed E-state index contributed by atoms with van der Waals surface area (Å²) in [5, 5.41) is 9.22. The second kappa shape index (κ2) is 10.4. The van der Waals surface area contributed by atoms with E-state index in [-0.39, 0.29) is 12.3 Å². The lowest BCUT2D eigenvalue weighted by Crippen LogP contribution is -2.33. The summed E-state index contributed by atoms with van der Waals surface area (Å²) in [4.78, 5) is 36.5. The fourth-order valence-corrected chi connectivity index (χ4v) is 3.13. The van der Waals surface area contributed by atoms with Crippen molar-refractivity contribution >= 4 is 34.8 Å². The molecule has 31 heavy (non-hydrogen) atoms. The second-order valence-electron chi connectivity index (χ2n) is 7.44. The van der Waals surface area contributed by atoms with Gasteiger partial charge in [0.25, 0.3) is 0 Å². The van der Waals surface area contributed by atoms with E-state index in [2.05, 4.69) is 21.2 Å². The quantitative estimate of drug-likeness (QED) is 0.375. The molecule has 0 aromatic heterocycles. The summed E-state index contributed by atoms with van der Waals surface area (Å²) in [6.45, 7) is 9.30. The average Bonchev–Trinajstić information content (AvgIpc) is 2.69. The molecule has 0 radical (unpaired) electrons. The van der Waals surface area contributed by atoms with Crippen LogP contribution >= 0.6 is 0 Å². The number of nitrogens with one attached hydrogen (secondary N) is 3. The summed E-state index contributed by atoms with van der Waals surface area (Å²) in [5.74, 6) is -1.67. The summed E-state index contributed by atoms with van der Waals surface area (Å²) >= 11 is 0. The number of carbonyl (C=O) groups is 3. The topological polar surface area (TPSA) is 109 Å². The van der Waals surface area contributed by atoms with Crippen molar-refractivity contribution in [1.82, 2.24) is 5.43 Å². The number of aryl methyl sites for hydroxylation is 4. The molecule has 0 fully saturated rings. The molecule has 0 bridgehead atoms. The van der Waals surface area contributed by atoms with Crippen LogP contribution in [0.2, 0.25) is 0 Å². The SMILES string of the molecule is COc1ccc(C)cc1NC(=O)C(=O)N/N=C(/C)CC(=O)Nc1c(C)cc(C)cc1C. The van der Waals surface area contributed by atoms with E-state index in [9.17, 15) is 14.4 Å². The Bertz CT molecular complexity index is 1020. The first-order chi connectivity index (χ1) is 14.6. The lowest BCUT2D eigenvalue weighted by Gasteiger charge is -2.13. The number of benzene rings is 2. The standard InChI is InChI=1S/C23H28N4O4/c1-13-7-8-19(31-6)18(11-13)24-22(29)23(30)27-26-17(5)12-20(28)25-21-15(3)9-14(2)10-16(21)4/h7-11H,12H2,1-6H3,(H,24,29)(H,25,28)(H,27,30)/b26-17-. The first-order valence-electron chi connectivity index (χ1n) is 9.77. The van der Waals surface area contributed by atoms with E-state index in [0.29, 0.717) is 17.1 Å². The smallest absolute Gasteiger partial charge is 0.329 e. The maximum atomic E-state index is 12.3. The van der Waals surface area contributed by atoms with E-state index in [0.717, 1.165) is 27.9 Å². The van der Waals surface area contributed by atoms with Gasteiger partial charge in [-0.1, -0.05) is 23.8 Å². The zero-order chi connectivity index (χ0) is 23.1. The van der Waals surface area contributed by atoms with Gasteiger partial charge < -0.3 is 15.4 Å². The number of hydrazone groups is 1. The van der Waals surface area contributed by atoms with Crippen LogP contribution in [0.1, 0.15) is 35.6 Å². The molecule has 0 aliphatic carbocycles. The number of nitrogens with zero attached hydrogens (tertiary/aromatic N) is 1. The number of hydrogen-bond donors (Lipinski definition) is 3. The lowest BCUT2D eigenvalue weighted by atomic mass is 10.0. The van der Waals surface area contributed by atoms with Gasteiger partial charge >= 0.3 is 11.8 Å². The Kier molecular flexibility index (Phi) is 7.90. The summed E-state index contributed by atoms with van der Waals surface area (Å²) in [6, 6.07) is 9.20. The molecule has 2 aromatic rings. The third-order valence-electron chi connectivity index (χ3n) is 4.52. The number of methoxy groups -OCH3 is 1. The van der Waals surface area contributed by atoms with Crippen molar-refractivity contribution < 1.29 is 19.1 Å². The number of hydrogen-bond acceptors (Lipinski definition) is 5. The molecule has 0 heterocycles. The summed E-state index contributed by atoms with van der Waals surface area (Å²) in [7, 11) is 1.47. The molecule has 0 aliphatic heterocycles. The molecular weight excluding hydrogens is 396 g/mol. The number of carbonyl (C=O) groups excluding carboxylic acids is 3. The van der Waals surface area contributed by atoms with Gasteiger partial charge in [-0.3, -0.25) is 14.4 Å². The summed E-state index contributed by atoms with van der Waals surface area (Å²) < 4.78 is 5.18. The normalized spacial score (nSPS) is 11.0. The highest BCUT2D eigenvalue weighted by atomic mass is 16.5. The first-order valence-corrected chi connectivity index (χ1v) is 9.77. The van der Waals surface area contributed by atoms with Crippen LogP contribution in [0.15, 0.2) is 35.4 Å². The maximum Gasteiger partial charge on any atom is 0.329 e. The van der Waals surface area contributed by atoms with Gasteiger partial charge in [-0.25, -0.2) is 5.43 Å². The van der Waals surface area contributed by atoms with Crippen LogP contribution in [-0.4, -0.2) is 30.5 Å². The highest BCUT2D eigenvalue weighted by molar-refractivity contribution is 6.39. The van der Waals surface area contributed by atoms with Crippen molar-refractivity contribution in [2.24, 2.45) is 5.10 Å². The van der Waals surface area contributed by atoms with Crippen molar-refractivity contribution in [3.05, 3.63) is 52.6 Å². The molecule has 0 unspecified atom stereocenters. The number of rotatable bonds is 6. The Labute approximate surface area is 182 Å². The molecule has 0 atom stereocenters. The van der Waals surface area contributed by atoms with Gasteiger partial charge in [0.05, 0.1) is 19.2 Å². The van der Waals surface area contributed by atoms with E-state index in [4.69, 9.17) is 4.74 Å². The van der Waals surface area contributed by atoms with Gasteiger partial charge in [-0.15, -0.1) is 0 Å². The van der Waals surface area contributed by atoms with Gasteiger partial charge in [-0.2, -0.15) is 5.10 Å². The molecule has 0 saturated heterocycles.